The smallest absolute Gasteiger partial charge is 0.255 e. The first-order valence-electron chi connectivity index (χ1n) is 9.31. The van der Waals surface area contributed by atoms with E-state index in [1.165, 1.54) is 5.56 Å². The van der Waals surface area contributed by atoms with Crippen LogP contribution in [0.4, 0.5) is 0 Å². The molecule has 1 aromatic carbocycles. The molecule has 0 bridgehead atoms. The molecule has 2 aliphatic rings. The molecule has 1 saturated heterocycles. The van der Waals surface area contributed by atoms with Crippen molar-refractivity contribution in [2.45, 2.75) is 51.1 Å². The van der Waals surface area contributed by atoms with E-state index in [1.807, 2.05) is 24.3 Å². The van der Waals surface area contributed by atoms with Crippen LogP contribution in [-0.4, -0.2) is 47.0 Å². The Morgan fingerprint density at radius 3 is 2.41 bits per heavy atom. The Morgan fingerprint density at radius 2 is 1.89 bits per heavy atom. The van der Waals surface area contributed by atoms with Gasteiger partial charge in [0.2, 0.25) is 5.91 Å². The molecule has 1 aromatic rings. The fourth-order valence-corrected chi connectivity index (χ4v) is 4.44. The minimum atomic E-state index is -0.414. The van der Waals surface area contributed by atoms with Crippen molar-refractivity contribution in [1.82, 2.24) is 10.2 Å². The van der Waals surface area contributed by atoms with Crippen molar-refractivity contribution < 1.29 is 9.59 Å². The maximum Gasteiger partial charge on any atom is 0.255 e. The van der Waals surface area contributed by atoms with E-state index in [2.05, 4.69) is 26.1 Å². The lowest BCUT2D eigenvalue weighted by Gasteiger charge is -2.26. The Labute approximate surface area is 172 Å². The number of hydrogen-bond donors (Lipinski definition) is 2. The second-order valence-electron chi connectivity index (χ2n) is 8.31. The number of halogens is 1. The standard InChI is InChI=1S/C20H29N3O2S.ClH/c1-20(2,3)15-8-6-14(7-9-15)19(25)23-12-26-11-17(23)18(24)22-16(10-21)13-4-5-13;/h6-9,13,16-17H,4-5,10-12,21H2,1-3H3,(H,22,24);1H. The van der Waals surface area contributed by atoms with Crippen LogP contribution in [0.3, 0.4) is 0 Å². The first-order chi connectivity index (χ1) is 12.3. The van der Waals surface area contributed by atoms with Gasteiger partial charge in [-0.25, -0.2) is 0 Å². The van der Waals surface area contributed by atoms with E-state index < -0.39 is 6.04 Å². The Balaban J connectivity index is 0.00000261. The van der Waals surface area contributed by atoms with Gasteiger partial charge >= 0.3 is 0 Å². The molecule has 1 aliphatic carbocycles. The maximum atomic E-state index is 12.9. The summed E-state index contributed by atoms with van der Waals surface area (Å²) >= 11 is 1.62. The van der Waals surface area contributed by atoms with Gasteiger partial charge in [-0.2, -0.15) is 0 Å². The van der Waals surface area contributed by atoms with E-state index in [4.69, 9.17) is 5.73 Å². The number of carbonyl (C=O) groups excluding carboxylic acids is 2. The van der Waals surface area contributed by atoms with E-state index in [-0.39, 0.29) is 35.7 Å². The fraction of sp³-hybridized carbons (Fsp3) is 0.600. The molecule has 2 atom stereocenters. The van der Waals surface area contributed by atoms with E-state index in [0.717, 1.165) is 12.8 Å². The number of thioether (sulfide) groups is 1. The zero-order valence-corrected chi connectivity index (χ0v) is 17.9. The van der Waals surface area contributed by atoms with Crippen LogP contribution in [0.1, 0.15) is 49.5 Å². The van der Waals surface area contributed by atoms with E-state index >= 15 is 0 Å². The zero-order chi connectivity index (χ0) is 18.9. The third kappa shape index (κ3) is 5.18. The number of carbonyl (C=O) groups is 2. The van der Waals surface area contributed by atoms with Gasteiger partial charge in [0.05, 0.1) is 5.88 Å². The number of nitrogens with zero attached hydrogens (tertiary/aromatic N) is 1. The van der Waals surface area contributed by atoms with Crippen LogP contribution < -0.4 is 11.1 Å². The van der Waals surface area contributed by atoms with Crippen LogP contribution in [0.15, 0.2) is 24.3 Å². The molecule has 1 saturated carbocycles. The Bertz CT molecular complexity index is 671. The number of amides is 2. The second-order valence-corrected chi connectivity index (χ2v) is 9.31. The molecule has 0 aromatic heterocycles. The third-order valence-corrected chi connectivity index (χ3v) is 6.23. The van der Waals surface area contributed by atoms with E-state index in [0.29, 0.717) is 29.7 Å². The predicted molar refractivity (Wildman–Crippen MR) is 113 cm³/mol. The third-order valence-electron chi connectivity index (χ3n) is 5.22. The van der Waals surface area contributed by atoms with Gasteiger partial charge in [-0.05, 0) is 41.9 Å². The largest absolute Gasteiger partial charge is 0.350 e. The predicted octanol–water partition coefficient (Wildman–Crippen LogP) is 2.77. The van der Waals surface area contributed by atoms with E-state index in [1.54, 1.807) is 16.7 Å². The summed E-state index contributed by atoms with van der Waals surface area (Å²) < 4.78 is 0. The lowest BCUT2D eigenvalue weighted by molar-refractivity contribution is -0.125. The summed E-state index contributed by atoms with van der Waals surface area (Å²) in [6.07, 6.45) is 2.26. The van der Waals surface area contributed by atoms with Crippen LogP contribution in [0, 0.1) is 5.92 Å². The number of benzene rings is 1. The van der Waals surface area contributed by atoms with Gasteiger partial charge in [0.15, 0.2) is 0 Å². The van der Waals surface area contributed by atoms with Crippen molar-refractivity contribution in [3.8, 4) is 0 Å². The van der Waals surface area contributed by atoms with E-state index in [9.17, 15) is 9.59 Å². The van der Waals surface area contributed by atoms with Crippen LogP contribution in [0.5, 0.6) is 0 Å². The Morgan fingerprint density at radius 1 is 1.26 bits per heavy atom. The number of nitrogens with one attached hydrogen (secondary N) is 1. The Hall–Kier alpha value is -1.24. The van der Waals surface area contributed by atoms with Crippen LogP contribution in [0.25, 0.3) is 0 Å². The maximum absolute atomic E-state index is 12.9. The number of hydrogen-bond acceptors (Lipinski definition) is 4. The summed E-state index contributed by atoms with van der Waals surface area (Å²) in [7, 11) is 0. The minimum absolute atomic E-state index is 0. The number of rotatable bonds is 5. The molecular formula is C20H30ClN3O2S. The molecule has 150 valence electrons. The molecule has 27 heavy (non-hydrogen) atoms. The molecule has 2 fully saturated rings. The fourth-order valence-electron chi connectivity index (χ4n) is 3.29. The lowest BCUT2D eigenvalue weighted by Crippen LogP contribution is -2.52. The first kappa shape index (κ1) is 22.1. The molecule has 2 amide bonds. The van der Waals surface area contributed by atoms with Gasteiger partial charge in [-0.1, -0.05) is 32.9 Å². The van der Waals surface area contributed by atoms with Crippen molar-refractivity contribution in [3.63, 3.8) is 0 Å². The van der Waals surface area contributed by atoms with Gasteiger partial charge in [0.25, 0.3) is 5.91 Å². The minimum Gasteiger partial charge on any atom is -0.350 e. The molecule has 7 heteroatoms. The van der Waals surface area contributed by atoms with Crippen molar-refractivity contribution in [2.24, 2.45) is 11.7 Å². The second kappa shape index (κ2) is 8.84. The molecule has 3 rings (SSSR count). The topological polar surface area (TPSA) is 75.4 Å². The van der Waals surface area contributed by atoms with Crippen molar-refractivity contribution in [3.05, 3.63) is 35.4 Å². The summed E-state index contributed by atoms with van der Waals surface area (Å²) in [5.74, 6) is 1.55. The molecule has 1 heterocycles. The van der Waals surface area contributed by atoms with Crippen molar-refractivity contribution in [2.75, 3.05) is 18.2 Å². The zero-order valence-electron chi connectivity index (χ0n) is 16.2. The highest BCUT2D eigenvalue weighted by Gasteiger charge is 2.38. The summed E-state index contributed by atoms with van der Waals surface area (Å²) in [6.45, 7) is 6.90. The van der Waals surface area contributed by atoms with Crippen LogP contribution in [-0.2, 0) is 10.2 Å². The average molecular weight is 412 g/mol. The average Bonchev–Trinajstić information content (AvgIpc) is 3.33. The summed E-state index contributed by atoms with van der Waals surface area (Å²) in [5, 5.41) is 3.06. The molecule has 1 aliphatic heterocycles. The van der Waals surface area contributed by atoms with Gasteiger partial charge in [-0.3, -0.25) is 9.59 Å². The monoisotopic (exact) mass is 411 g/mol. The van der Waals surface area contributed by atoms with Crippen molar-refractivity contribution >= 4 is 36.0 Å². The van der Waals surface area contributed by atoms with Gasteiger partial charge in [0, 0.05) is 23.9 Å². The van der Waals surface area contributed by atoms with Crippen LogP contribution in [0.2, 0.25) is 0 Å². The van der Waals surface area contributed by atoms with Gasteiger partial charge in [0.1, 0.15) is 6.04 Å². The lowest BCUT2D eigenvalue weighted by atomic mass is 9.86. The summed E-state index contributed by atoms with van der Waals surface area (Å²) in [5.41, 5.74) is 7.67. The Kier molecular flexibility index (Phi) is 7.22. The summed E-state index contributed by atoms with van der Waals surface area (Å²) in [6, 6.07) is 7.37. The summed E-state index contributed by atoms with van der Waals surface area (Å²) in [4.78, 5) is 27.3. The first-order valence-corrected chi connectivity index (χ1v) is 10.5. The van der Waals surface area contributed by atoms with Crippen LogP contribution >= 0.6 is 24.2 Å². The molecule has 2 unspecified atom stereocenters. The quantitative estimate of drug-likeness (QED) is 0.781. The normalized spacial score (nSPS) is 20.7. The molecule has 3 N–H and O–H groups in total. The van der Waals surface area contributed by atoms with Crippen molar-refractivity contribution in [1.29, 1.82) is 0 Å². The van der Waals surface area contributed by atoms with Gasteiger partial charge < -0.3 is 16.0 Å². The number of nitrogens with two attached hydrogens (primary N) is 1. The molecule has 0 radical (unpaired) electrons. The highest BCUT2D eigenvalue weighted by atomic mass is 35.5. The van der Waals surface area contributed by atoms with Gasteiger partial charge in [-0.15, -0.1) is 24.2 Å². The molecular weight excluding hydrogens is 382 g/mol. The molecule has 5 nitrogen and oxygen atoms in total. The highest BCUT2D eigenvalue weighted by Crippen LogP contribution is 2.32. The molecule has 0 spiro atoms. The highest BCUT2D eigenvalue weighted by molar-refractivity contribution is 7.99. The SMILES string of the molecule is CC(C)(C)c1ccc(C(=O)N2CSCC2C(=O)NC(CN)C2CC2)cc1.Cl.